The number of carbonyl (C=O) groups is 1. The maximum Gasteiger partial charge on any atom is 0.247 e. The molecule has 4 aromatic rings. The molecule has 2 heterocycles. The van der Waals surface area contributed by atoms with Gasteiger partial charge in [-0.25, -0.2) is 0 Å². The SMILES string of the molecule is CC(=O)Nc1cccc(-n2cnnc2SC(C)c2nnc(-c3ccc(C)cc3)o2)c1. The highest BCUT2D eigenvalue weighted by atomic mass is 32.2. The van der Waals surface area contributed by atoms with Gasteiger partial charge in [-0.1, -0.05) is 35.5 Å². The van der Waals surface area contributed by atoms with Gasteiger partial charge in [0.15, 0.2) is 5.16 Å². The number of hydrogen-bond donors (Lipinski definition) is 1. The van der Waals surface area contributed by atoms with Gasteiger partial charge in [0.05, 0.1) is 10.9 Å². The molecule has 2 aromatic heterocycles. The first-order chi connectivity index (χ1) is 14.5. The molecule has 0 radical (unpaired) electrons. The number of nitrogens with zero attached hydrogens (tertiary/aromatic N) is 5. The number of benzene rings is 2. The summed E-state index contributed by atoms with van der Waals surface area (Å²) in [4.78, 5) is 11.3. The number of aromatic nitrogens is 5. The van der Waals surface area contributed by atoms with Gasteiger partial charge in [0, 0.05) is 18.2 Å². The highest BCUT2D eigenvalue weighted by Gasteiger charge is 2.19. The van der Waals surface area contributed by atoms with Crippen molar-refractivity contribution >= 4 is 23.4 Å². The van der Waals surface area contributed by atoms with Crippen LogP contribution in [0.3, 0.4) is 0 Å². The van der Waals surface area contributed by atoms with Crippen molar-refractivity contribution in [2.24, 2.45) is 0 Å². The van der Waals surface area contributed by atoms with E-state index in [2.05, 4.69) is 25.7 Å². The largest absolute Gasteiger partial charge is 0.419 e. The number of thioether (sulfide) groups is 1. The van der Waals surface area contributed by atoms with Crippen molar-refractivity contribution in [1.29, 1.82) is 0 Å². The minimum Gasteiger partial charge on any atom is -0.419 e. The lowest BCUT2D eigenvalue weighted by molar-refractivity contribution is -0.114. The van der Waals surface area contributed by atoms with Crippen molar-refractivity contribution in [2.75, 3.05) is 5.32 Å². The molecule has 0 aliphatic carbocycles. The van der Waals surface area contributed by atoms with E-state index in [1.807, 2.05) is 66.9 Å². The second-order valence-corrected chi connectivity index (χ2v) is 8.09. The van der Waals surface area contributed by atoms with Crippen LogP contribution in [0.4, 0.5) is 5.69 Å². The van der Waals surface area contributed by atoms with Crippen LogP contribution < -0.4 is 5.32 Å². The zero-order valence-electron chi connectivity index (χ0n) is 16.7. The summed E-state index contributed by atoms with van der Waals surface area (Å²) in [5, 5.41) is 20.0. The molecule has 0 saturated carbocycles. The van der Waals surface area contributed by atoms with Gasteiger partial charge in [0.1, 0.15) is 6.33 Å². The summed E-state index contributed by atoms with van der Waals surface area (Å²) in [6, 6.07) is 15.4. The van der Waals surface area contributed by atoms with Crippen LogP contribution in [0.2, 0.25) is 0 Å². The Morgan fingerprint density at radius 3 is 2.70 bits per heavy atom. The van der Waals surface area contributed by atoms with Crippen LogP contribution in [0.5, 0.6) is 0 Å². The Labute approximate surface area is 177 Å². The van der Waals surface area contributed by atoms with Crippen molar-refractivity contribution in [3.8, 4) is 17.1 Å². The number of anilines is 1. The van der Waals surface area contributed by atoms with Crippen LogP contribution in [0, 0.1) is 6.92 Å². The summed E-state index contributed by atoms with van der Waals surface area (Å²) in [5.74, 6) is 0.874. The van der Waals surface area contributed by atoms with E-state index in [1.165, 1.54) is 24.2 Å². The summed E-state index contributed by atoms with van der Waals surface area (Å²) in [7, 11) is 0. The standard InChI is InChI=1S/C21H20N6O2S/c1-13-7-9-16(10-8-13)20-25-24-19(29-20)14(2)30-21-26-22-12-27(21)18-6-4-5-17(11-18)23-15(3)28/h4-12,14H,1-3H3,(H,23,28). The molecule has 1 atom stereocenters. The van der Waals surface area contributed by atoms with Crippen LogP contribution in [0.15, 0.2) is 64.4 Å². The third-order valence-electron chi connectivity index (χ3n) is 4.33. The van der Waals surface area contributed by atoms with Gasteiger partial charge < -0.3 is 9.73 Å². The number of aryl methyl sites for hydroxylation is 1. The third kappa shape index (κ3) is 4.41. The predicted molar refractivity (Wildman–Crippen MR) is 114 cm³/mol. The van der Waals surface area contributed by atoms with Crippen molar-refractivity contribution in [3.05, 3.63) is 66.3 Å². The highest BCUT2D eigenvalue weighted by molar-refractivity contribution is 7.99. The molecular weight excluding hydrogens is 400 g/mol. The van der Waals surface area contributed by atoms with Crippen LogP contribution in [-0.2, 0) is 4.79 Å². The molecule has 1 unspecified atom stereocenters. The van der Waals surface area contributed by atoms with Crippen molar-refractivity contribution in [3.63, 3.8) is 0 Å². The maximum atomic E-state index is 11.3. The Bertz CT molecular complexity index is 1170. The fourth-order valence-corrected chi connectivity index (χ4v) is 3.71. The molecule has 1 N–H and O–H groups in total. The van der Waals surface area contributed by atoms with Gasteiger partial charge in [0.2, 0.25) is 17.7 Å². The molecule has 0 aliphatic rings. The maximum absolute atomic E-state index is 11.3. The quantitative estimate of drug-likeness (QED) is 0.460. The second kappa shape index (κ2) is 8.50. The van der Waals surface area contributed by atoms with E-state index in [-0.39, 0.29) is 11.2 Å². The number of rotatable bonds is 6. The van der Waals surface area contributed by atoms with Gasteiger partial charge in [-0.2, -0.15) is 0 Å². The first-order valence-electron chi connectivity index (χ1n) is 9.35. The Morgan fingerprint density at radius 2 is 1.93 bits per heavy atom. The van der Waals surface area contributed by atoms with E-state index in [0.717, 1.165) is 11.3 Å². The zero-order chi connectivity index (χ0) is 21.1. The van der Waals surface area contributed by atoms with Gasteiger partial charge in [-0.05, 0) is 44.2 Å². The molecule has 8 nitrogen and oxygen atoms in total. The van der Waals surface area contributed by atoms with Crippen LogP contribution in [0.1, 0.15) is 30.6 Å². The lowest BCUT2D eigenvalue weighted by atomic mass is 10.1. The molecule has 1 amide bonds. The Balaban J connectivity index is 1.53. The Hall–Kier alpha value is -3.46. The van der Waals surface area contributed by atoms with E-state index >= 15 is 0 Å². The molecule has 152 valence electrons. The van der Waals surface area contributed by atoms with E-state index in [4.69, 9.17) is 4.42 Å². The normalized spacial score (nSPS) is 12.0. The smallest absolute Gasteiger partial charge is 0.247 e. The van der Waals surface area contributed by atoms with E-state index in [9.17, 15) is 4.79 Å². The van der Waals surface area contributed by atoms with Gasteiger partial charge in [-0.15, -0.1) is 20.4 Å². The highest BCUT2D eigenvalue weighted by Crippen LogP contribution is 2.35. The van der Waals surface area contributed by atoms with Gasteiger partial charge >= 0.3 is 0 Å². The first kappa shape index (κ1) is 19.8. The summed E-state index contributed by atoms with van der Waals surface area (Å²) in [6.45, 7) is 5.48. The van der Waals surface area contributed by atoms with Crippen molar-refractivity contribution < 1.29 is 9.21 Å². The monoisotopic (exact) mass is 420 g/mol. The first-order valence-corrected chi connectivity index (χ1v) is 10.2. The molecular formula is C21H20N6O2S. The number of amides is 1. The Kier molecular flexibility index (Phi) is 5.62. The van der Waals surface area contributed by atoms with Crippen LogP contribution >= 0.6 is 11.8 Å². The molecule has 9 heteroatoms. The molecule has 0 bridgehead atoms. The van der Waals surface area contributed by atoms with E-state index < -0.39 is 0 Å². The molecule has 2 aromatic carbocycles. The average molecular weight is 420 g/mol. The van der Waals surface area contributed by atoms with Gasteiger partial charge in [0.25, 0.3) is 0 Å². The lowest BCUT2D eigenvalue weighted by Crippen LogP contribution is -2.06. The average Bonchev–Trinajstić information content (AvgIpc) is 3.38. The molecule has 30 heavy (non-hydrogen) atoms. The summed E-state index contributed by atoms with van der Waals surface area (Å²) >= 11 is 1.46. The zero-order valence-corrected chi connectivity index (χ0v) is 17.6. The van der Waals surface area contributed by atoms with Crippen molar-refractivity contribution in [2.45, 2.75) is 31.2 Å². The third-order valence-corrected chi connectivity index (χ3v) is 5.37. The molecule has 0 aliphatic heterocycles. The van der Waals surface area contributed by atoms with Crippen LogP contribution in [0.25, 0.3) is 17.1 Å². The summed E-state index contributed by atoms with van der Waals surface area (Å²) < 4.78 is 7.73. The topological polar surface area (TPSA) is 98.7 Å². The number of hydrogen-bond acceptors (Lipinski definition) is 7. The second-order valence-electron chi connectivity index (χ2n) is 6.79. The minimum absolute atomic E-state index is 0.125. The number of carbonyl (C=O) groups excluding carboxylic acids is 1. The fourth-order valence-electron chi connectivity index (χ4n) is 2.84. The summed E-state index contributed by atoms with van der Waals surface area (Å²) in [5.41, 5.74) is 3.60. The van der Waals surface area contributed by atoms with E-state index in [0.29, 0.717) is 22.6 Å². The predicted octanol–water partition coefficient (Wildman–Crippen LogP) is 4.44. The molecule has 0 spiro atoms. The van der Waals surface area contributed by atoms with Gasteiger partial charge in [-0.3, -0.25) is 9.36 Å². The number of nitrogens with one attached hydrogen (secondary N) is 1. The molecule has 4 rings (SSSR count). The minimum atomic E-state index is -0.127. The Morgan fingerprint density at radius 1 is 1.13 bits per heavy atom. The molecule has 0 fully saturated rings. The van der Waals surface area contributed by atoms with Crippen LogP contribution in [-0.4, -0.2) is 30.9 Å². The fraction of sp³-hybridized carbons (Fsp3) is 0.190. The molecule has 0 saturated heterocycles. The lowest BCUT2D eigenvalue weighted by Gasteiger charge is -2.10. The van der Waals surface area contributed by atoms with E-state index in [1.54, 1.807) is 6.33 Å². The van der Waals surface area contributed by atoms with Crippen molar-refractivity contribution in [1.82, 2.24) is 25.0 Å². The summed E-state index contributed by atoms with van der Waals surface area (Å²) in [6.07, 6.45) is 1.63.